The summed E-state index contributed by atoms with van der Waals surface area (Å²) in [6.45, 7) is 0. The van der Waals surface area contributed by atoms with E-state index in [-0.39, 0.29) is 0 Å². The zero-order valence-corrected chi connectivity index (χ0v) is 47.8. The van der Waals surface area contributed by atoms with Gasteiger partial charge in [-0.1, -0.05) is 231 Å². The van der Waals surface area contributed by atoms with Gasteiger partial charge in [0.05, 0.1) is 5.41 Å². The first kappa shape index (κ1) is 50.9. The highest BCUT2D eigenvalue weighted by Crippen LogP contribution is 2.62. The maximum atomic E-state index is 2.54. The highest BCUT2D eigenvalue weighted by Gasteiger charge is 2.50. The standard InChI is InChI=1S/C83H66N2/c1-7-23-59(24-8-1)75-56-78(62-41-45-70(46-42-62)85(68-33-17-6-18-34-68)81-38-22-20-36-74(81)82-63-50-57-49-58(52-63)53-64(82)51-57)76(60-25-9-2-10-26-60)55-77(75)61-39-43-69(44-40-61)84(67-31-15-5-16-32-67)71-47-48-73-72-35-19-21-37-79(72)83(80(73)54-71,65-27-11-3-12-28-65)66-29-13-4-14-30-66/h1-48,54-58,63-64,82H,49-53H2. The molecule has 408 valence electrons. The molecule has 4 saturated carbocycles. The van der Waals surface area contributed by atoms with E-state index >= 15 is 0 Å². The molecule has 0 amide bonds. The van der Waals surface area contributed by atoms with E-state index in [9.17, 15) is 0 Å². The zero-order valence-electron chi connectivity index (χ0n) is 47.8. The number of hydrogen-bond acceptors (Lipinski definition) is 2. The van der Waals surface area contributed by atoms with Crippen LogP contribution in [0.3, 0.4) is 0 Å². The Labute approximate surface area is 501 Å². The Morgan fingerprint density at radius 2 is 0.635 bits per heavy atom. The van der Waals surface area contributed by atoms with Crippen LogP contribution in [-0.4, -0.2) is 0 Å². The van der Waals surface area contributed by atoms with Gasteiger partial charge < -0.3 is 9.80 Å². The number of anilines is 6. The van der Waals surface area contributed by atoms with Gasteiger partial charge in [0.2, 0.25) is 0 Å². The summed E-state index contributed by atoms with van der Waals surface area (Å²) in [7, 11) is 0. The molecule has 0 N–H and O–H groups in total. The molecule has 0 heterocycles. The Bertz CT molecular complexity index is 4260. The van der Waals surface area contributed by atoms with Gasteiger partial charge in [-0.3, -0.25) is 0 Å². The molecule has 12 aromatic carbocycles. The average Bonchev–Trinajstić information content (AvgIpc) is 1.72. The summed E-state index contributed by atoms with van der Waals surface area (Å²) >= 11 is 0. The molecule has 0 spiro atoms. The fourth-order valence-corrected chi connectivity index (χ4v) is 16.4. The molecule has 0 aromatic heterocycles. The minimum absolute atomic E-state index is 0.516. The van der Waals surface area contributed by atoms with Crippen molar-refractivity contribution in [2.45, 2.75) is 43.4 Å². The molecule has 0 radical (unpaired) electrons. The van der Waals surface area contributed by atoms with E-state index in [1.807, 2.05) is 0 Å². The maximum absolute atomic E-state index is 2.54. The molecule has 5 aliphatic carbocycles. The van der Waals surface area contributed by atoms with Gasteiger partial charge in [0.1, 0.15) is 0 Å². The first-order valence-corrected chi connectivity index (χ1v) is 30.8. The van der Waals surface area contributed by atoms with Crippen molar-refractivity contribution in [2.24, 2.45) is 23.7 Å². The van der Waals surface area contributed by atoms with Crippen molar-refractivity contribution in [3.05, 3.63) is 337 Å². The fraction of sp³-hybridized carbons (Fsp3) is 0.133. The predicted molar refractivity (Wildman–Crippen MR) is 355 cm³/mol. The lowest BCUT2D eigenvalue weighted by atomic mass is 9.50. The summed E-state index contributed by atoms with van der Waals surface area (Å²) in [5, 5.41) is 0. The molecule has 4 fully saturated rings. The molecule has 4 bridgehead atoms. The summed E-state index contributed by atoms with van der Waals surface area (Å²) in [4.78, 5) is 4.96. The molecule has 17 rings (SSSR count). The van der Waals surface area contributed by atoms with E-state index in [1.165, 1.54) is 127 Å². The summed E-state index contributed by atoms with van der Waals surface area (Å²) in [6, 6.07) is 115. The number of fused-ring (bicyclic) bond motifs is 3. The van der Waals surface area contributed by atoms with Gasteiger partial charge in [-0.15, -0.1) is 0 Å². The molecule has 0 unspecified atom stereocenters. The highest BCUT2D eigenvalue weighted by molar-refractivity contribution is 5.97. The molecular formula is C83H66N2. The lowest BCUT2D eigenvalue weighted by Crippen LogP contribution is -2.44. The molecule has 12 aromatic rings. The Morgan fingerprint density at radius 3 is 1.15 bits per heavy atom. The van der Waals surface area contributed by atoms with Crippen LogP contribution in [0.1, 0.15) is 65.8 Å². The topological polar surface area (TPSA) is 6.48 Å². The predicted octanol–water partition coefficient (Wildman–Crippen LogP) is 22.2. The summed E-state index contributed by atoms with van der Waals surface area (Å²) in [6.07, 6.45) is 7.06. The molecule has 0 saturated heterocycles. The van der Waals surface area contributed by atoms with E-state index in [0.717, 1.165) is 46.3 Å². The van der Waals surface area contributed by atoms with E-state index in [2.05, 4.69) is 319 Å². The Balaban J connectivity index is 0.808. The van der Waals surface area contributed by atoms with Gasteiger partial charge in [0.15, 0.2) is 0 Å². The third-order valence-electron chi connectivity index (χ3n) is 19.7. The second kappa shape index (κ2) is 21.5. The number of hydrogen-bond donors (Lipinski definition) is 0. The van der Waals surface area contributed by atoms with Crippen molar-refractivity contribution in [1.29, 1.82) is 0 Å². The molecule has 2 nitrogen and oxygen atoms in total. The number of para-hydroxylation sites is 3. The highest BCUT2D eigenvalue weighted by atomic mass is 15.1. The van der Waals surface area contributed by atoms with Crippen LogP contribution >= 0.6 is 0 Å². The van der Waals surface area contributed by atoms with Crippen molar-refractivity contribution in [3.8, 4) is 55.6 Å². The van der Waals surface area contributed by atoms with Gasteiger partial charge in [0, 0.05) is 34.1 Å². The van der Waals surface area contributed by atoms with E-state index in [4.69, 9.17) is 0 Å². The number of benzene rings is 12. The van der Waals surface area contributed by atoms with Crippen molar-refractivity contribution < 1.29 is 0 Å². The minimum atomic E-state index is -0.516. The van der Waals surface area contributed by atoms with Crippen LogP contribution in [0.15, 0.2) is 309 Å². The smallest absolute Gasteiger partial charge is 0.0714 e. The van der Waals surface area contributed by atoms with Crippen LogP contribution in [-0.2, 0) is 5.41 Å². The number of rotatable bonds is 13. The first-order valence-electron chi connectivity index (χ1n) is 30.8. The second-order valence-electron chi connectivity index (χ2n) is 24.4. The van der Waals surface area contributed by atoms with Gasteiger partial charge in [-0.05, 0) is 224 Å². The lowest BCUT2D eigenvalue weighted by Gasteiger charge is -2.55. The van der Waals surface area contributed by atoms with Crippen LogP contribution in [0.4, 0.5) is 34.1 Å². The normalized spacial score (nSPS) is 18.6. The quantitative estimate of drug-likeness (QED) is 0.114. The molecule has 2 heteroatoms. The summed E-state index contributed by atoms with van der Waals surface area (Å²) in [5.74, 6) is 4.05. The van der Waals surface area contributed by atoms with Crippen molar-refractivity contribution >= 4 is 34.1 Å². The third-order valence-corrected chi connectivity index (χ3v) is 19.7. The van der Waals surface area contributed by atoms with E-state index in [1.54, 1.807) is 0 Å². The molecular weight excluding hydrogens is 1020 g/mol. The monoisotopic (exact) mass is 1090 g/mol. The first-order chi connectivity index (χ1) is 42.1. The Hall–Kier alpha value is -9.76. The molecule has 5 aliphatic rings. The van der Waals surface area contributed by atoms with Crippen molar-refractivity contribution in [3.63, 3.8) is 0 Å². The minimum Gasteiger partial charge on any atom is -0.310 e. The van der Waals surface area contributed by atoms with E-state index < -0.39 is 5.41 Å². The van der Waals surface area contributed by atoms with Gasteiger partial charge in [0.25, 0.3) is 0 Å². The fourth-order valence-electron chi connectivity index (χ4n) is 16.4. The van der Waals surface area contributed by atoms with Crippen molar-refractivity contribution in [1.82, 2.24) is 0 Å². The van der Waals surface area contributed by atoms with Gasteiger partial charge in [-0.25, -0.2) is 0 Å². The van der Waals surface area contributed by atoms with Crippen LogP contribution in [0.25, 0.3) is 55.6 Å². The van der Waals surface area contributed by atoms with Crippen LogP contribution in [0, 0.1) is 23.7 Å². The third kappa shape index (κ3) is 8.85. The summed E-state index contributed by atoms with van der Waals surface area (Å²) < 4.78 is 0. The lowest BCUT2D eigenvalue weighted by molar-refractivity contribution is -0.00259. The van der Waals surface area contributed by atoms with E-state index in [0.29, 0.717) is 5.92 Å². The van der Waals surface area contributed by atoms with Gasteiger partial charge >= 0.3 is 0 Å². The van der Waals surface area contributed by atoms with Gasteiger partial charge in [-0.2, -0.15) is 0 Å². The molecule has 85 heavy (non-hydrogen) atoms. The maximum Gasteiger partial charge on any atom is 0.0714 e. The van der Waals surface area contributed by atoms with Crippen molar-refractivity contribution in [2.75, 3.05) is 9.80 Å². The zero-order chi connectivity index (χ0) is 56.3. The summed E-state index contributed by atoms with van der Waals surface area (Å²) in [5.41, 5.74) is 25.1. The molecule has 0 atom stereocenters. The molecule has 0 aliphatic heterocycles. The Morgan fingerprint density at radius 1 is 0.259 bits per heavy atom. The van der Waals surface area contributed by atoms with Crippen LogP contribution in [0.5, 0.6) is 0 Å². The SMILES string of the molecule is c1ccc(-c2cc(-c3ccc(N(c4ccccc4)c4ccccc4C4C5CC6CC(C5)CC4C6)cc3)c(-c3ccccc3)cc2-c2ccc(N(c3ccccc3)c3ccc4c(c3)C(c3ccccc3)(c3ccccc3)c3ccccc3-4)cc2)cc1. The van der Waals surface area contributed by atoms with Crippen LogP contribution in [0.2, 0.25) is 0 Å². The number of nitrogens with zero attached hydrogens (tertiary/aromatic N) is 2. The Kier molecular flexibility index (Phi) is 12.9. The second-order valence-corrected chi connectivity index (χ2v) is 24.4. The largest absolute Gasteiger partial charge is 0.310 e. The van der Waals surface area contributed by atoms with Crippen LogP contribution < -0.4 is 9.80 Å². The average molecular weight is 1090 g/mol.